The first-order valence-electron chi connectivity index (χ1n) is 6.40. The number of unbranched alkanes of at least 4 members (excludes halogenated alkanes) is 1. The molecule has 3 nitrogen and oxygen atoms in total. The molecule has 16 heavy (non-hydrogen) atoms. The fraction of sp³-hybridized carbons (Fsp3) is 0.917. The van der Waals surface area contributed by atoms with E-state index in [9.17, 15) is 4.79 Å². The van der Waals surface area contributed by atoms with Crippen molar-refractivity contribution in [2.45, 2.75) is 56.7 Å². The van der Waals surface area contributed by atoms with Crippen LogP contribution in [0.4, 0.5) is 0 Å². The van der Waals surface area contributed by atoms with Crippen LogP contribution in [-0.2, 0) is 4.79 Å². The molecule has 0 bridgehead atoms. The normalized spacial score (nSPS) is 22.8. The first-order valence-corrected chi connectivity index (χ1v) is 7.44. The van der Waals surface area contributed by atoms with Crippen molar-refractivity contribution in [2.24, 2.45) is 5.73 Å². The second-order valence-corrected chi connectivity index (χ2v) is 5.75. The summed E-state index contributed by atoms with van der Waals surface area (Å²) in [6, 6.07) is 0.176. The minimum absolute atomic E-state index is 0.171. The minimum Gasteiger partial charge on any atom is -0.351 e. The van der Waals surface area contributed by atoms with Crippen molar-refractivity contribution < 1.29 is 4.79 Å². The number of hydrogen-bond acceptors (Lipinski definition) is 3. The molecule has 94 valence electrons. The van der Waals surface area contributed by atoms with Gasteiger partial charge in [0.1, 0.15) is 0 Å². The van der Waals surface area contributed by atoms with E-state index in [0.29, 0.717) is 6.54 Å². The van der Waals surface area contributed by atoms with E-state index >= 15 is 0 Å². The van der Waals surface area contributed by atoms with E-state index in [0.717, 1.165) is 31.4 Å². The van der Waals surface area contributed by atoms with Crippen LogP contribution < -0.4 is 11.1 Å². The monoisotopic (exact) mass is 244 g/mol. The van der Waals surface area contributed by atoms with Gasteiger partial charge >= 0.3 is 0 Å². The molecular weight excluding hydrogens is 220 g/mol. The van der Waals surface area contributed by atoms with Crippen LogP contribution in [0.1, 0.15) is 45.4 Å². The van der Waals surface area contributed by atoms with Gasteiger partial charge in [-0.1, -0.05) is 26.2 Å². The largest absolute Gasteiger partial charge is 0.351 e. The molecule has 1 aliphatic heterocycles. The number of rotatable bonds is 6. The molecule has 0 saturated carbocycles. The molecule has 1 heterocycles. The Labute approximate surface area is 103 Å². The highest BCUT2D eigenvalue weighted by atomic mass is 32.2. The summed E-state index contributed by atoms with van der Waals surface area (Å²) in [5, 5.41) is 3.26. The van der Waals surface area contributed by atoms with Crippen molar-refractivity contribution in [2.75, 3.05) is 12.3 Å². The van der Waals surface area contributed by atoms with Crippen LogP contribution in [0.2, 0.25) is 0 Å². The van der Waals surface area contributed by atoms with Crippen molar-refractivity contribution in [3.8, 4) is 0 Å². The first kappa shape index (κ1) is 13.8. The highest BCUT2D eigenvalue weighted by Crippen LogP contribution is 2.25. The van der Waals surface area contributed by atoms with Crippen LogP contribution >= 0.6 is 11.8 Å². The molecule has 3 N–H and O–H groups in total. The lowest BCUT2D eigenvalue weighted by atomic mass is 10.1. The van der Waals surface area contributed by atoms with Gasteiger partial charge in [-0.3, -0.25) is 4.79 Å². The second-order valence-electron chi connectivity index (χ2n) is 4.44. The molecule has 2 unspecified atom stereocenters. The number of carbonyl (C=O) groups excluding carboxylic acids is 1. The molecule has 0 aromatic heterocycles. The molecule has 0 radical (unpaired) electrons. The summed E-state index contributed by atoms with van der Waals surface area (Å²) < 4.78 is 0. The number of thioether (sulfide) groups is 1. The number of nitrogens with two attached hydrogens (primary N) is 1. The Kier molecular flexibility index (Phi) is 6.88. The Hall–Kier alpha value is -0.220. The third-order valence-corrected chi connectivity index (χ3v) is 4.39. The molecule has 0 aliphatic carbocycles. The van der Waals surface area contributed by atoms with E-state index in [1.165, 1.54) is 12.8 Å². The summed E-state index contributed by atoms with van der Waals surface area (Å²) >= 11 is 1.79. The fourth-order valence-electron chi connectivity index (χ4n) is 1.94. The Bertz CT molecular complexity index is 205. The maximum absolute atomic E-state index is 11.9. The molecule has 2 atom stereocenters. The predicted molar refractivity (Wildman–Crippen MR) is 70.6 cm³/mol. The van der Waals surface area contributed by atoms with Crippen LogP contribution in [0.3, 0.4) is 0 Å². The minimum atomic E-state index is 0.171. The second kappa shape index (κ2) is 7.96. The van der Waals surface area contributed by atoms with Crippen molar-refractivity contribution in [1.29, 1.82) is 0 Å². The summed E-state index contributed by atoms with van der Waals surface area (Å²) in [5.74, 6) is 1.33. The van der Waals surface area contributed by atoms with Gasteiger partial charge in [0.25, 0.3) is 0 Å². The Morgan fingerprint density at radius 2 is 2.38 bits per heavy atom. The lowest BCUT2D eigenvalue weighted by Crippen LogP contribution is -2.44. The van der Waals surface area contributed by atoms with Gasteiger partial charge < -0.3 is 11.1 Å². The van der Waals surface area contributed by atoms with Crippen molar-refractivity contribution >= 4 is 17.7 Å². The molecule has 1 rings (SSSR count). The molecule has 1 saturated heterocycles. The van der Waals surface area contributed by atoms with Gasteiger partial charge in [0.2, 0.25) is 5.91 Å². The standard InChI is InChI=1S/C12H24N2OS/c1-2-3-6-10(9-13)14-12(15)11-7-4-5-8-16-11/h10-11H,2-9,13H2,1H3,(H,14,15). The molecule has 1 amide bonds. The summed E-state index contributed by atoms with van der Waals surface area (Å²) in [6.07, 6.45) is 6.78. The third kappa shape index (κ3) is 4.74. The van der Waals surface area contributed by atoms with Gasteiger partial charge in [-0.25, -0.2) is 0 Å². The quantitative estimate of drug-likeness (QED) is 0.750. The lowest BCUT2D eigenvalue weighted by Gasteiger charge is -2.24. The number of hydrogen-bond donors (Lipinski definition) is 2. The SMILES string of the molecule is CCCCC(CN)NC(=O)C1CCCCS1. The number of carbonyl (C=O) groups is 1. The van der Waals surface area contributed by atoms with E-state index in [-0.39, 0.29) is 17.2 Å². The topological polar surface area (TPSA) is 55.1 Å². The molecule has 1 aliphatic rings. The zero-order chi connectivity index (χ0) is 11.8. The van der Waals surface area contributed by atoms with Crippen LogP contribution in [0.15, 0.2) is 0 Å². The maximum atomic E-state index is 11.9. The number of nitrogens with one attached hydrogen (secondary N) is 1. The average Bonchev–Trinajstić information content (AvgIpc) is 2.35. The van der Waals surface area contributed by atoms with E-state index in [4.69, 9.17) is 5.73 Å². The highest BCUT2D eigenvalue weighted by Gasteiger charge is 2.23. The van der Waals surface area contributed by atoms with E-state index in [1.807, 2.05) is 0 Å². The van der Waals surface area contributed by atoms with Crippen LogP contribution in [-0.4, -0.2) is 29.5 Å². The highest BCUT2D eigenvalue weighted by molar-refractivity contribution is 8.00. The lowest BCUT2D eigenvalue weighted by molar-refractivity contribution is -0.121. The zero-order valence-electron chi connectivity index (χ0n) is 10.2. The van der Waals surface area contributed by atoms with E-state index in [1.54, 1.807) is 11.8 Å². The van der Waals surface area contributed by atoms with Crippen LogP contribution in [0, 0.1) is 0 Å². The molecule has 0 spiro atoms. The third-order valence-electron chi connectivity index (χ3n) is 3.01. The predicted octanol–water partition coefficient (Wildman–Crippen LogP) is 1.91. The number of amides is 1. The van der Waals surface area contributed by atoms with E-state index in [2.05, 4.69) is 12.2 Å². The van der Waals surface area contributed by atoms with Crippen molar-refractivity contribution in [1.82, 2.24) is 5.32 Å². The molecular formula is C12H24N2OS. The van der Waals surface area contributed by atoms with Gasteiger partial charge in [0.05, 0.1) is 5.25 Å². The summed E-state index contributed by atoms with van der Waals surface area (Å²) in [6.45, 7) is 2.72. The Balaban J connectivity index is 2.29. The van der Waals surface area contributed by atoms with Gasteiger partial charge in [0.15, 0.2) is 0 Å². The van der Waals surface area contributed by atoms with Gasteiger partial charge in [-0.2, -0.15) is 0 Å². The van der Waals surface area contributed by atoms with E-state index < -0.39 is 0 Å². The molecule has 0 aromatic rings. The van der Waals surface area contributed by atoms with Gasteiger partial charge in [-0.05, 0) is 25.0 Å². The maximum Gasteiger partial charge on any atom is 0.233 e. The molecule has 0 aromatic carbocycles. The molecule has 1 fully saturated rings. The molecule has 4 heteroatoms. The summed E-state index contributed by atoms with van der Waals surface area (Å²) in [5.41, 5.74) is 5.67. The van der Waals surface area contributed by atoms with Crippen molar-refractivity contribution in [3.63, 3.8) is 0 Å². The van der Waals surface area contributed by atoms with Gasteiger partial charge in [-0.15, -0.1) is 11.8 Å². The van der Waals surface area contributed by atoms with Crippen LogP contribution in [0.5, 0.6) is 0 Å². The van der Waals surface area contributed by atoms with Crippen LogP contribution in [0.25, 0.3) is 0 Å². The first-order chi connectivity index (χ1) is 7.77. The fourth-order valence-corrected chi connectivity index (χ4v) is 3.15. The summed E-state index contributed by atoms with van der Waals surface area (Å²) in [4.78, 5) is 11.9. The Morgan fingerprint density at radius 3 is 2.94 bits per heavy atom. The smallest absolute Gasteiger partial charge is 0.233 e. The average molecular weight is 244 g/mol. The summed E-state index contributed by atoms with van der Waals surface area (Å²) in [7, 11) is 0. The Morgan fingerprint density at radius 1 is 1.56 bits per heavy atom. The zero-order valence-corrected chi connectivity index (χ0v) is 11.0. The van der Waals surface area contributed by atoms with Crippen molar-refractivity contribution in [3.05, 3.63) is 0 Å². The van der Waals surface area contributed by atoms with Gasteiger partial charge in [0, 0.05) is 12.6 Å².